The predicted molar refractivity (Wildman–Crippen MR) is 82.6 cm³/mol. The molecule has 0 spiro atoms. The minimum Gasteiger partial charge on any atom is -0.383 e. The SMILES string of the molecule is CN(C)CCc1nc(N)c(I)c(C2CCCC2)n1. The van der Waals surface area contributed by atoms with Gasteiger partial charge in [0.05, 0.1) is 9.26 Å². The van der Waals surface area contributed by atoms with E-state index in [2.05, 4.69) is 46.6 Å². The molecule has 1 aliphatic carbocycles. The summed E-state index contributed by atoms with van der Waals surface area (Å²) in [5.74, 6) is 2.14. The molecule has 0 bridgehead atoms. The molecule has 0 aromatic carbocycles. The van der Waals surface area contributed by atoms with Crippen LogP contribution in [0, 0.1) is 3.57 Å². The van der Waals surface area contributed by atoms with E-state index in [1.54, 1.807) is 0 Å². The minimum atomic E-state index is 0.598. The second kappa shape index (κ2) is 6.14. The third kappa shape index (κ3) is 3.32. The Morgan fingerprint density at radius 3 is 2.56 bits per heavy atom. The van der Waals surface area contributed by atoms with E-state index in [-0.39, 0.29) is 0 Å². The molecule has 4 nitrogen and oxygen atoms in total. The second-order valence-corrected chi connectivity index (χ2v) is 6.34. The second-order valence-electron chi connectivity index (χ2n) is 5.26. The number of rotatable bonds is 4. The normalized spacial score (nSPS) is 16.7. The summed E-state index contributed by atoms with van der Waals surface area (Å²) in [5, 5.41) is 0. The highest BCUT2D eigenvalue weighted by molar-refractivity contribution is 14.1. The third-order valence-corrected chi connectivity index (χ3v) is 4.58. The Labute approximate surface area is 123 Å². The molecule has 1 heterocycles. The van der Waals surface area contributed by atoms with Gasteiger partial charge in [0.2, 0.25) is 0 Å². The fourth-order valence-electron chi connectivity index (χ4n) is 2.44. The van der Waals surface area contributed by atoms with Crippen LogP contribution in [0.3, 0.4) is 0 Å². The number of nitrogen functional groups attached to an aromatic ring is 1. The van der Waals surface area contributed by atoms with Gasteiger partial charge in [-0.05, 0) is 49.5 Å². The van der Waals surface area contributed by atoms with E-state index in [4.69, 9.17) is 10.7 Å². The third-order valence-electron chi connectivity index (χ3n) is 3.47. The van der Waals surface area contributed by atoms with Crippen LogP contribution < -0.4 is 5.73 Å². The molecule has 1 aromatic rings. The Hall–Kier alpha value is -0.430. The smallest absolute Gasteiger partial charge is 0.140 e. The van der Waals surface area contributed by atoms with Crippen LogP contribution in [0.15, 0.2) is 0 Å². The zero-order valence-corrected chi connectivity index (χ0v) is 13.3. The number of nitrogens with zero attached hydrogens (tertiary/aromatic N) is 3. The largest absolute Gasteiger partial charge is 0.383 e. The van der Waals surface area contributed by atoms with Gasteiger partial charge in [-0.1, -0.05) is 12.8 Å². The fraction of sp³-hybridized carbons (Fsp3) is 0.692. The number of anilines is 1. The van der Waals surface area contributed by atoms with Crippen LogP contribution in [-0.2, 0) is 6.42 Å². The van der Waals surface area contributed by atoms with Crippen molar-refractivity contribution in [3.8, 4) is 0 Å². The van der Waals surface area contributed by atoms with Crippen LogP contribution in [0.2, 0.25) is 0 Å². The molecule has 100 valence electrons. The maximum Gasteiger partial charge on any atom is 0.140 e. The molecular weight excluding hydrogens is 339 g/mol. The highest BCUT2D eigenvalue weighted by atomic mass is 127. The standard InChI is InChI=1S/C13H21IN4/c1-18(2)8-7-10-16-12(9-5-3-4-6-9)11(14)13(15)17-10/h9H,3-8H2,1-2H3,(H2,15,16,17). The quantitative estimate of drug-likeness (QED) is 0.838. The molecule has 1 aliphatic rings. The van der Waals surface area contributed by atoms with E-state index >= 15 is 0 Å². The lowest BCUT2D eigenvalue weighted by atomic mass is 10.0. The maximum atomic E-state index is 6.02. The van der Waals surface area contributed by atoms with Crippen molar-refractivity contribution in [2.75, 3.05) is 26.4 Å². The number of nitrogens with two attached hydrogens (primary N) is 1. The highest BCUT2D eigenvalue weighted by Crippen LogP contribution is 2.36. The van der Waals surface area contributed by atoms with Gasteiger partial charge in [-0.2, -0.15) is 0 Å². The first-order valence-corrected chi connectivity index (χ1v) is 7.62. The van der Waals surface area contributed by atoms with Gasteiger partial charge in [0.15, 0.2) is 0 Å². The van der Waals surface area contributed by atoms with Crippen LogP contribution in [-0.4, -0.2) is 35.5 Å². The number of aromatic nitrogens is 2. The summed E-state index contributed by atoms with van der Waals surface area (Å²) in [7, 11) is 4.13. The van der Waals surface area contributed by atoms with Crippen molar-refractivity contribution < 1.29 is 0 Å². The van der Waals surface area contributed by atoms with Gasteiger partial charge in [-0.3, -0.25) is 0 Å². The van der Waals surface area contributed by atoms with Crippen molar-refractivity contribution in [3.05, 3.63) is 15.1 Å². The average molecular weight is 360 g/mol. The fourth-order valence-corrected chi connectivity index (χ4v) is 3.12. The molecule has 0 aliphatic heterocycles. The maximum absolute atomic E-state index is 6.02. The first-order chi connectivity index (χ1) is 8.58. The molecule has 1 saturated carbocycles. The molecule has 0 unspecified atom stereocenters. The van der Waals surface area contributed by atoms with Crippen LogP contribution in [0.1, 0.15) is 43.1 Å². The summed E-state index contributed by atoms with van der Waals surface area (Å²) >= 11 is 2.29. The Bertz CT molecular complexity index is 414. The van der Waals surface area contributed by atoms with Gasteiger partial charge in [-0.25, -0.2) is 9.97 Å². The van der Waals surface area contributed by atoms with Crippen LogP contribution in [0.25, 0.3) is 0 Å². The first kappa shape index (κ1) is 14.0. The zero-order chi connectivity index (χ0) is 13.1. The molecule has 0 atom stereocenters. The lowest BCUT2D eigenvalue weighted by Crippen LogP contribution is -2.18. The Balaban J connectivity index is 2.21. The van der Waals surface area contributed by atoms with E-state index in [1.165, 1.54) is 31.4 Å². The summed E-state index contributed by atoms with van der Waals surface area (Å²) in [6.07, 6.45) is 6.00. The number of hydrogen-bond donors (Lipinski definition) is 1. The molecule has 2 rings (SSSR count). The summed E-state index contributed by atoms with van der Waals surface area (Å²) in [5.41, 5.74) is 7.21. The Morgan fingerprint density at radius 2 is 1.94 bits per heavy atom. The summed E-state index contributed by atoms with van der Waals surface area (Å²) < 4.78 is 1.06. The first-order valence-electron chi connectivity index (χ1n) is 6.54. The number of likely N-dealkylation sites (N-methyl/N-ethyl adjacent to an activating group) is 1. The molecule has 5 heteroatoms. The lowest BCUT2D eigenvalue weighted by molar-refractivity contribution is 0.409. The molecule has 0 radical (unpaired) electrons. The van der Waals surface area contributed by atoms with Crippen molar-refractivity contribution in [1.29, 1.82) is 0 Å². The molecule has 1 aromatic heterocycles. The number of halogens is 1. The van der Waals surface area contributed by atoms with E-state index < -0.39 is 0 Å². The monoisotopic (exact) mass is 360 g/mol. The van der Waals surface area contributed by atoms with E-state index in [0.717, 1.165) is 22.4 Å². The average Bonchev–Trinajstić information content (AvgIpc) is 2.84. The van der Waals surface area contributed by atoms with Crippen molar-refractivity contribution in [2.24, 2.45) is 0 Å². The number of hydrogen-bond acceptors (Lipinski definition) is 4. The molecule has 18 heavy (non-hydrogen) atoms. The topological polar surface area (TPSA) is 55.0 Å². The summed E-state index contributed by atoms with van der Waals surface area (Å²) in [6.45, 7) is 0.962. The van der Waals surface area contributed by atoms with E-state index in [0.29, 0.717) is 11.7 Å². The van der Waals surface area contributed by atoms with Crippen molar-refractivity contribution >= 4 is 28.4 Å². The van der Waals surface area contributed by atoms with Gasteiger partial charge in [-0.15, -0.1) is 0 Å². The minimum absolute atomic E-state index is 0.598. The van der Waals surface area contributed by atoms with Crippen molar-refractivity contribution in [3.63, 3.8) is 0 Å². The summed E-state index contributed by atoms with van der Waals surface area (Å²) in [4.78, 5) is 11.3. The summed E-state index contributed by atoms with van der Waals surface area (Å²) in [6, 6.07) is 0. The van der Waals surface area contributed by atoms with Gasteiger partial charge >= 0.3 is 0 Å². The molecule has 0 amide bonds. The predicted octanol–water partition coefficient (Wildman–Crippen LogP) is 2.43. The zero-order valence-electron chi connectivity index (χ0n) is 11.1. The van der Waals surface area contributed by atoms with Crippen molar-refractivity contribution in [1.82, 2.24) is 14.9 Å². The van der Waals surface area contributed by atoms with Gasteiger partial charge < -0.3 is 10.6 Å². The van der Waals surface area contributed by atoms with Crippen molar-refractivity contribution in [2.45, 2.75) is 38.0 Å². The Morgan fingerprint density at radius 1 is 1.28 bits per heavy atom. The highest BCUT2D eigenvalue weighted by Gasteiger charge is 2.23. The Kier molecular flexibility index (Phi) is 4.77. The van der Waals surface area contributed by atoms with Gasteiger partial charge in [0.25, 0.3) is 0 Å². The molecule has 2 N–H and O–H groups in total. The van der Waals surface area contributed by atoms with Crippen LogP contribution >= 0.6 is 22.6 Å². The lowest BCUT2D eigenvalue weighted by Gasteiger charge is -2.15. The van der Waals surface area contributed by atoms with Gasteiger partial charge in [0.1, 0.15) is 11.6 Å². The van der Waals surface area contributed by atoms with Crippen LogP contribution in [0.5, 0.6) is 0 Å². The van der Waals surface area contributed by atoms with Crippen LogP contribution in [0.4, 0.5) is 5.82 Å². The van der Waals surface area contributed by atoms with Gasteiger partial charge in [0, 0.05) is 18.9 Å². The van der Waals surface area contributed by atoms with E-state index in [1.807, 2.05) is 0 Å². The molecular formula is C13H21IN4. The van der Waals surface area contributed by atoms with E-state index in [9.17, 15) is 0 Å². The molecule has 0 saturated heterocycles. The molecule has 1 fully saturated rings.